The maximum absolute atomic E-state index is 5.82. The predicted octanol–water partition coefficient (Wildman–Crippen LogP) is 1.69. The number of aryl methyl sites for hydroxylation is 1. The van der Waals surface area contributed by atoms with Crippen LogP contribution in [0.1, 0.15) is 32.9 Å². The van der Waals surface area contributed by atoms with E-state index in [0.29, 0.717) is 0 Å². The van der Waals surface area contributed by atoms with Gasteiger partial charge in [-0.3, -0.25) is 4.68 Å². The first kappa shape index (κ1) is 9.10. The third-order valence-corrected chi connectivity index (χ3v) is 2.49. The molecule has 0 saturated carbocycles. The molecule has 0 spiro atoms. The van der Waals surface area contributed by atoms with Crippen LogP contribution in [0.4, 0.5) is 5.69 Å². The molecule has 0 unspecified atom stereocenters. The number of nitrogens with two attached hydrogens (primary N) is 1. The van der Waals surface area contributed by atoms with Crippen LogP contribution in [-0.2, 0) is 12.5 Å². The Bertz CT molecular complexity index is 254. The van der Waals surface area contributed by atoms with Crippen LogP contribution in [0, 0.1) is 0 Å². The van der Waals surface area contributed by atoms with Crippen molar-refractivity contribution in [3.63, 3.8) is 0 Å². The number of nitrogens with zero attached hydrogens (tertiary/aromatic N) is 2. The van der Waals surface area contributed by atoms with Crippen molar-refractivity contribution < 1.29 is 0 Å². The van der Waals surface area contributed by atoms with Gasteiger partial charge in [0.25, 0.3) is 0 Å². The van der Waals surface area contributed by atoms with Crippen LogP contribution in [0.2, 0.25) is 0 Å². The summed E-state index contributed by atoms with van der Waals surface area (Å²) in [4.78, 5) is 0. The summed E-state index contributed by atoms with van der Waals surface area (Å²) < 4.78 is 1.86. The van der Waals surface area contributed by atoms with Gasteiger partial charge < -0.3 is 5.73 Å². The molecular formula is C9H17N3. The Morgan fingerprint density at radius 3 is 2.50 bits per heavy atom. The lowest BCUT2D eigenvalue weighted by Crippen LogP contribution is -2.21. The van der Waals surface area contributed by atoms with E-state index >= 15 is 0 Å². The van der Waals surface area contributed by atoms with Crippen molar-refractivity contribution in [2.75, 3.05) is 5.73 Å². The summed E-state index contributed by atoms with van der Waals surface area (Å²) in [6.07, 6.45) is 2.78. The lowest BCUT2D eigenvalue weighted by Gasteiger charge is -2.23. The molecule has 0 atom stereocenters. The van der Waals surface area contributed by atoms with Crippen molar-refractivity contribution in [2.24, 2.45) is 7.05 Å². The molecule has 1 aromatic heterocycles. The lowest BCUT2D eigenvalue weighted by molar-refractivity contribution is 0.463. The van der Waals surface area contributed by atoms with Crippen LogP contribution in [0.25, 0.3) is 0 Å². The molecule has 0 radical (unpaired) electrons. The molecule has 2 N–H and O–H groups in total. The summed E-state index contributed by atoms with van der Waals surface area (Å²) >= 11 is 0. The Hall–Kier alpha value is -0.990. The van der Waals surface area contributed by atoms with Crippen molar-refractivity contribution in [3.05, 3.63) is 11.9 Å². The molecule has 0 bridgehead atoms. The predicted molar refractivity (Wildman–Crippen MR) is 50.9 cm³/mol. The Morgan fingerprint density at radius 1 is 1.58 bits per heavy atom. The van der Waals surface area contributed by atoms with Crippen LogP contribution < -0.4 is 5.73 Å². The number of nitrogen functional groups attached to an aromatic ring is 1. The van der Waals surface area contributed by atoms with E-state index in [1.54, 1.807) is 6.20 Å². The third kappa shape index (κ3) is 1.31. The van der Waals surface area contributed by atoms with Gasteiger partial charge in [-0.05, 0) is 6.42 Å². The van der Waals surface area contributed by atoms with E-state index in [0.717, 1.165) is 17.8 Å². The van der Waals surface area contributed by atoms with Gasteiger partial charge >= 0.3 is 0 Å². The van der Waals surface area contributed by atoms with Gasteiger partial charge in [0.2, 0.25) is 0 Å². The van der Waals surface area contributed by atoms with Crippen LogP contribution in [0.5, 0.6) is 0 Å². The molecule has 0 amide bonds. The molecule has 3 heteroatoms. The fourth-order valence-electron chi connectivity index (χ4n) is 1.45. The van der Waals surface area contributed by atoms with Crippen molar-refractivity contribution in [2.45, 2.75) is 32.6 Å². The molecule has 12 heavy (non-hydrogen) atoms. The Morgan fingerprint density at radius 2 is 2.17 bits per heavy atom. The number of rotatable bonds is 2. The molecule has 0 aliphatic carbocycles. The monoisotopic (exact) mass is 167 g/mol. The average Bonchev–Trinajstić information content (AvgIpc) is 2.31. The number of hydrogen-bond donors (Lipinski definition) is 1. The molecule has 0 aliphatic rings. The lowest BCUT2D eigenvalue weighted by atomic mass is 9.85. The van der Waals surface area contributed by atoms with Crippen molar-refractivity contribution in [1.29, 1.82) is 0 Å². The van der Waals surface area contributed by atoms with Gasteiger partial charge in [-0.15, -0.1) is 0 Å². The minimum atomic E-state index is 0.120. The van der Waals surface area contributed by atoms with E-state index in [4.69, 9.17) is 5.73 Å². The third-order valence-electron chi connectivity index (χ3n) is 2.49. The van der Waals surface area contributed by atoms with Gasteiger partial charge in [-0.25, -0.2) is 0 Å². The second-order valence-corrected chi connectivity index (χ2v) is 3.81. The van der Waals surface area contributed by atoms with E-state index in [1.165, 1.54) is 0 Å². The van der Waals surface area contributed by atoms with E-state index < -0.39 is 0 Å². The Labute approximate surface area is 73.6 Å². The first-order valence-electron chi connectivity index (χ1n) is 4.27. The number of hydrogen-bond acceptors (Lipinski definition) is 2. The Kier molecular flexibility index (Phi) is 2.13. The summed E-state index contributed by atoms with van der Waals surface area (Å²) in [5, 5.41) is 4.12. The maximum atomic E-state index is 5.82. The van der Waals surface area contributed by atoms with Crippen molar-refractivity contribution in [1.82, 2.24) is 9.78 Å². The minimum Gasteiger partial charge on any atom is -0.396 e. The smallest absolute Gasteiger partial charge is 0.0738 e. The second kappa shape index (κ2) is 2.81. The maximum Gasteiger partial charge on any atom is 0.0738 e. The van der Waals surface area contributed by atoms with Crippen LogP contribution >= 0.6 is 0 Å². The van der Waals surface area contributed by atoms with Crippen molar-refractivity contribution >= 4 is 5.69 Å². The van der Waals surface area contributed by atoms with Gasteiger partial charge in [0.15, 0.2) is 0 Å². The summed E-state index contributed by atoms with van der Waals surface area (Å²) in [5.41, 5.74) is 7.87. The molecule has 68 valence electrons. The van der Waals surface area contributed by atoms with Crippen LogP contribution in [0.15, 0.2) is 6.20 Å². The van der Waals surface area contributed by atoms with Crippen molar-refractivity contribution in [3.8, 4) is 0 Å². The number of aromatic nitrogens is 2. The molecule has 0 aromatic carbocycles. The standard InChI is InChI=1S/C9H17N3/c1-5-9(2,3)8-7(10)6-11-12(8)4/h6H,5,10H2,1-4H3. The van der Waals surface area contributed by atoms with E-state index in [1.807, 2.05) is 11.7 Å². The van der Waals surface area contributed by atoms with E-state index in [9.17, 15) is 0 Å². The quantitative estimate of drug-likeness (QED) is 0.728. The van der Waals surface area contributed by atoms with E-state index in [-0.39, 0.29) is 5.41 Å². The fraction of sp³-hybridized carbons (Fsp3) is 0.667. The zero-order valence-corrected chi connectivity index (χ0v) is 8.26. The minimum absolute atomic E-state index is 0.120. The van der Waals surface area contributed by atoms with Gasteiger partial charge in [-0.1, -0.05) is 20.8 Å². The second-order valence-electron chi connectivity index (χ2n) is 3.81. The van der Waals surface area contributed by atoms with Crippen LogP contribution in [-0.4, -0.2) is 9.78 Å². The normalized spacial score (nSPS) is 12.0. The molecule has 3 nitrogen and oxygen atoms in total. The molecular weight excluding hydrogens is 150 g/mol. The topological polar surface area (TPSA) is 43.8 Å². The highest BCUT2D eigenvalue weighted by molar-refractivity contribution is 5.44. The fourth-order valence-corrected chi connectivity index (χ4v) is 1.45. The molecule has 1 heterocycles. The molecule has 1 aromatic rings. The summed E-state index contributed by atoms with van der Waals surface area (Å²) in [6.45, 7) is 6.52. The van der Waals surface area contributed by atoms with Gasteiger partial charge in [0.1, 0.15) is 0 Å². The first-order chi connectivity index (χ1) is 5.49. The molecule has 0 fully saturated rings. The molecule has 0 saturated heterocycles. The highest BCUT2D eigenvalue weighted by atomic mass is 15.3. The molecule has 1 rings (SSSR count). The first-order valence-corrected chi connectivity index (χ1v) is 4.27. The summed E-state index contributed by atoms with van der Waals surface area (Å²) in [6, 6.07) is 0. The van der Waals surface area contributed by atoms with Gasteiger partial charge in [-0.2, -0.15) is 5.10 Å². The van der Waals surface area contributed by atoms with Gasteiger partial charge in [0, 0.05) is 12.5 Å². The summed E-state index contributed by atoms with van der Waals surface area (Å²) in [7, 11) is 1.93. The summed E-state index contributed by atoms with van der Waals surface area (Å²) in [5.74, 6) is 0. The van der Waals surface area contributed by atoms with E-state index in [2.05, 4.69) is 25.9 Å². The zero-order chi connectivity index (χ0) is 9.35. The largest absolute Gasteiger partial charge is 0.396 e. The van der Waals surface area contributed by atoms with Gasteiger partial charge in [0.05, 0.1) is 17.6 Å². The zero-order valence-electron chi connectivity index (χ0n) is 8.26. The highest BCUT2D eigenvalue weighted by Gasteiger charge is 2.24. The molecule has 0 aliphatic heterocycles. The Balaban J connectivity index is 3.17. The SMILES string of the molecule is CCC(C)(C)c1c(N)cnn1C. The highest BCUT2D eigenvalue weighted by Crippen LogP contribution is 2.30. The number of anilines is 1. The van der Waals surface area contributed by atoms with Crippen LogP contribution in [0.3, 0.4) is 0 Å². The average molecular weight is 167 g/mol.